The zero-order chi connectivity index (χ0) is 30.1. The Labute approximate surface area is 246 Å². The number of rotatable bonds is 3. The van der Waals surface area contributed by atoms with Gasteiger partial charge in [-0.3, -0.25) is 19.2 Å². The summed E-state index contributed by atoms with van der Waals surface area (Å²) in [6.07, 6.45) is 1.11. The molecule has 11 nitrogen and oxygen atoms in total. The molecule has 226 valence electrons. The van der Waals surface area contributed by atoms with Gasteiger partial charge in [-0.2, -0.15) is 0 Å². The Balaban J connectivity index is 1.59. The van der Waals surface area contributed by atoms with Crippen LogP contribution in [0.25, 0.3) is 0 Å². The molecule has 3 atom stereocenters. The molecule has 0 radical (unpaired) electrons. The van der Waals surface area contributed by atoms with Crippen molar-refractivity contribution in [2.45, 2.75) is 63.8 Å². The predicted molar refractivity (Wildman–Crippen MR) is 157 cm³/mol. The van der Waals surface area contributed by atoms with Gasteiger partial charge in [0.1, 0.15) is 36.2 Å². The molecule has 1 fully saturated rings. The first-order chi connectivity index (χ1) is 20.2. The second kappa shape index (κ2) is 14.2. The van der Waals surface area contributed by atoms with Gasteiger partial charge in [0.2, 0.25) is 17.7 Å². The molecule has 0 unspecified atom stereocenters. The van der Waals surface area contributed by atoms with E-state index < -0.39 is 41.4 Å². The number of carbonyl (C=O) groups is 4. The van der Waals surface area contributed by atoms with Gasteiger partial charge in [-0.1, -0.05) is 44.2 Å². The van der Waals surface area contributed by atoms with Gasteiger partial charge in [-0.25, -0.2) is 0 Å². The van der Waals surface area contributed by atoms with E-state index >= 15 is 0 Å². The number of hydrogen-bond donors (Lipinski definition) is 5. The van der Waals surface area contributed by atoms with Crippen molar-refractivity contribution in [3.8, 4) is 11.5 Å². The van der Waals surface area contributed by atoms with Crippen LogP contribution in [-0.2, 0) is 25.6 Å². The van der Waals surface area contributed by atoms with Crippen LogP contribution >= 0.6 is 0 Å². The lowest BCUT2D eigenvalue weighted by molar-refractivity contribution is -0.142. The first kappa shape index (κ1) is 30.8. The van der Waals surface area contributed by atoms with E-state index in [1.54, 1.807) is 45.0 Å². The molecule has 2 aromatic rings. The van der Waals surface area contributed by atoms with Crippen molar-refractivity contribution in [3.05, 3.63) is 60.2 Å². The van der Waals surface area contributed by atoms with Gasteiger partial charge >= 0.3 is 0 Å². The van der Waals surface area contributed by atoms with Crippen LogP contribution in [0.15, 0.2) is 54.6 Å². The SMILES string of the molecule is CC(C)[C@H]1NC(=O)[C@@H](C)NC(=O)C2(CCNCC2)Oc2ccc(cc2)OCCNC(=O)[C@H](Cc2ccccc2)NC1=O. The normalized spacial score (nSPS) is 24.0. The molecule has 3 heterocycles. The third kappa shape index (κ3) is 8.00. The third-order valence-corrected chi connectivity index (χ3v) is 7.54. The fourth-order valence-corrected chi connectivity index (χ4v) is 5.03. The zero-order valence-electron chi connectivity index (χ0n) is 24.4. The lowest BCUT2D eigenvalue weighted by Crippen LogP contribution is -2.61. The maximum atomic E-state index is 13.6. The molecule has 1 saturated heterocycles. The molecule has 3 aliphatic heterocycles. The van der Waals surface area contributed by atoms with E-state index in [-0.39, 0.29) is 31.4 Å². The van der Waals surface area contributed by atoms with E-state index in [0.717, 1.165) is 5.56 Å². The highest BCUT2D eigenvalue weighted by molar-refractivity contribution is 5.95. The van der Waals surface area contributed by atoms with Crippen molar-refractivity contribution < 1.29 is 28.7 Å². The third-order valence-electron chi connectivity index (χ3n) is 7.54. The summed E-state index contributed by atoms with van der Waals surface area (Å²) in [7, 11) is 0. The maximum absolute atomic E-state index is 13.6. The summed E-state index contributed by atoms with van der Waals surface area (Å²) in [5.74, 6) is -0.974. The Kier molecular flexibility index (Phi) is 10.4. The summed E-state index contributed by atoms with van der Waals surface area (Å²) in [5, 5.41) is 14.5. The summed E-state index contributed by atoms with van der Waals surface area (Å²) in [6.45, 7) is 6.77. The highest BCUT2D eigenvalue weighted by atomic mass is 16.5. The van der Waals surface area contributed by atoms with Crippen LogP contribution in [0.2, 0.25) is 0 Å². The molecule has 0 aromatic heterocycles. The fourth-order valence-electron chi connectivity index (χ4n) is 5.03. The molecular weight excluding hydrogens is 538 g/mol. The second-order valence-corrected chi connectivity index (χ2v) is 11.1. The van der Waals surface area contributed by atoms with Gasteiger partial charge in [0.05, 0.1) is 6.54 Å². The van der Waals surface area contributed by atoms with Gasteiger partial charge in [0, 0.05) is 19.3 Å². The number of hydrogen-bond acceptors (Lipinski definition) is 7. The number of carbonyl (C=O) groups excluding carboxylic acids is 4. The lowest BCUT2D eigenvalue weighted by atomic mass is 9.90. The van der Waals surface area contributed by atoms with Crippen LogP contribution in [0.5, 0.6) is 11.5 Å². The van der Waals surface area contributed by atoms with E-state index in [9.17, 15) is 19.2 Å². The van der Waals surface area contributed by atoms with Gasteiger partial charge in [0.25, 0.3) is 5.91 Å². The minimum Gasteiger partial charge on any atom is -0.492 e. The minimum atomic E-state index is -1.16. The summed E-state index contributed by atoms with van der Waals surface area (Å²) < 4.78 is 12.1. The van der Waals surface area contributed by atoms with Crippen molar-refractivity contribution in [3.63, 3.8) is 0 Å². The first-order valence-corrected chi connectivity index (χ1v) is 14.5. The number of benzene rings is 2. The number of nitrogens with one attached hydrogen (secondary N) is 5. The van der Waals surface area contributed by atoms with E-state index in [1.807, 2.05) is 30.3 Å². The van der Waals surface area contributed by atoms with Crippen LogP contribution in [0.3, 0.4) is 0 Å². The molecule has 42 heavy (non-hydrogen) atoms. The van der Waals surface area contributed by atoms with Gasteiger partial charge in [0.15, 0.2) is 5.60 Å². The van der Waals surface area contributed by atoms with Crippen LogP contribution in [0.4, 0.5) is 0 Å². The molecular formula is C31H41N5O6. The number of ether oxygens (including phenoxy) is 2. The molecule has 0 aliphatic carbocycles. The fraction of sp³-hybridized carbons (Fsp3) is 0.484. The van der Waals surface area contributed by atoms with Gasteiger partial charge < -0.3 is 36.1 Å². The molecule has 4 amide bonds. The summed E-state index contributed by atoms with van der Waals surface area (Å²) in [6, 6.07) is 13.6. The standard InChI is InChI=1S/C31H41N5O6/c1-20(2)26-29(39)35-25(19-22-7-5-4-6-8-22)28(38)33-17-18-41-23-9-11-24(12-10-23)42-31(13-15-32-16-14-31)30(40)34-21(3)27(37)36-26/h4-12,20-21,25-26,32H,13-19H2,1-3H3,(H,33,38)(H,34,40)(H,35,39)(H,36,37)/t21-,25+,26-/m1/s1. The van der Waals surface area contributed by atoms with E-state index in [1.165, 1.54) is 0 Å². The summed E-state index contributed by atoms with van der Waals surface area (Å²) in [4.78, 5) is 53.5. The highest BCUT2D eigenvalue weighted by Gasteiger charge is 2.43. The van der Waals surface area contributed by atoms with Gasteiger partial charge in [-0.05, 0) is 55.8 Å². The predicted octanol–water partition coefficient (Wildman–Crippen LogP) is 1.07. The smallest absolute Gasteiger partial charge is 0.264 e. The van der Waals surface area contributed by atoms with Crippen LogP contribution in [-0.4, -0.2) is 73.6 Å². The second-order valence-electron chi connectivity index (χ2n) is 11.1. The summed E-state index contributed by atoms with van der Waals surface area (Å²) in [5.41, 5.74) is -0.286. The Morgan fingerprint density at radius 2 is 1.48 bits per heavy atom. The highest BCUT2D eigenvalue weighted by Crippen LogP contribution is 2.28. The number of piperidine rings is 1. The minimum absolute atomic E-state index is 0.207. The van der Waals surface area contributed by atoms with Crippen molar-refractivity contribution in [2.24, 2.45) is 5.92 Å². The molecule has 1 spiro atoms. The van der Waals surface area contributed by atoms with Crippen LogP contribution in [0, 0.1) is 5.92 Å². The number of amides is 4. The zero-order valence-corrected chi connectivity index (χ0v) is 24.4. The van der Waals surface area contributed by atoms with Gasteiger partial charge in [-0.15, -0.1) is 0 Å². The lowest BCUT2D eigenvalue weighted by Gasteiger charge is -2.37. The molecule has 5 rings (SSSR count). The molecule has 0 saturated carbocycles. The van der Waals surface area contributed by atoms with Crippen molar-refractivity contribution in [1.29, 1.82) is 0 Å². The van der Waals surface area contributed by atoms with Crippen LogP contribution in [0.1, 0.15) is 39.2 Å². The van der Waals surface area contributed by atoms with Crippen molar-refractivity contribution in [1.82, 2.24) is 26.6 Å². The molecule has 11 heteroatoms. The largest absolute Gasteiger partial charge is 0.492 e. The monoisotopic (exact) mass is 579 g/mol. The maximum Gasteiger partial charge on any atom is 0.264 e. The Bertz CT molecular complexity index is 1230. The topological polar surface area (TPSA) is 147 Å². The van der Waals surface area contributed by atoms with Crippen LogP contribution < -0.4 is 36.1 Å². The average molecular weight is 580 g/mol. The molecule has 3 aliphatic rings. The van der Waals surface area contributed by atoms with E-state index in [0.29, 0.717) is 37.4 Å². The van der Waals surface area contributed by atoms with Crippen molar-refractivity contribution >= 4 is 23.6 Å². The molecule has 5 N–H and O–H groups in total. The van der Waals surface area contributed by atoms with E-state index in [4.69, 9.17) is 9.47 Å². The number of fused-ring (bicyclic) bond motifs is 15. The summed E-state index contributed by atoms with van der Waals surface area (Å²) >= 11 is 0. The Hall–Kier alpha value is -4.12. The Morgan fingerprint density at radius 3 is 2.14 bits per heavy atom. The Morgan fingerprint density at radius 1 is 0.810 bits per heavy atom. The molecule has 2 bridgehead atoms. The van der Waals surface area contributed by atoms with Crippen molar-refractivity contribution in [2.75, 3.05) is 26.2 Å². The molecule has 2 aromatic carbocycles. The average Bonchev–Trinajstić information content (AvgIpc) is 2.98. The quantitative estimate of drug-likeness (QED) is 0.342. The van der Waals surface area contributed by atoms with E-state index in [2.05, 4.69) is 26.6 Å². The first-order valence-electron chi connectivity index (χ1n) is 14.5.